The van der Waals surface area contributed by atoms with E-state index in [-0.39, 0.29) is 6.04 Å². The molecule has 1 aliphatic heterocycles. The van der Waals surface area contributed by atoms with Crippen molar-refractivity contribution < 1.29 is 10.2 Å². The van der Waals surface area contributed by atoms with E-state index in [1.165, 1.54) is 24.8 Å². The van der Waals surface area contributed by atoms with Crippen LogP contribution in [0.1, 0.15) is 62.7 Å². The Morgan fingerprint density at radius 1 is 0.935 bits per heavy atom. The van der Waals surface area contributed by atoms with Crippen molar-refractivity contribution in [3.63, 3.8) is 0 Å². The van der Waals surface area contributed by atoms with Gasteiger partial charge in [0, 0.05) is 24.9 Å². The van der Waals surface area contributed by atoms with Crippen LogP contribution < -0.4 is 5.32 Å². The lowest BCUT2D eigenvalue weighted by Gasteiger charge is -2.38. The summed E-state index contributed by atoms with van der Waals surface area (Å²) in [6.45, 7) is 5.51. The van der Waals surface area contributed by atoms with Crippen molar-refractivity contribution in [2.45, 2.75) is 64.0 Å². The molecule has 1 saturated heterocycles. The maximum atomic E-state index is 10.9. The number of piperidine rings is 1. The van der Waals surface area contributed by atoms with Crippen molar-refractivity contribution in [2.75, 3.05) is 31.6 Å². The molecule has 0 unspecified atom stereocenters. The van der Waals surface area contributed by atoms with Gasteiger partial charge < -0.3 is 15.5 Å². The molecule has 0 aromatic heterocycles. The zero-order chi connectivity index (χ0) is 21.9. The average Bonchev–Trinajstić information content (AvgIpc) is 2.82. The molecule has 0 aliphatic carbocycles. The van der Waals surface area contributed by atoms with Gasteiger partial charge in [-0.1, -0.05) is 55.3 Å². The molecule has 31 heavy (non-hydrogen) atoms. The van der Waals surface area contributed by atoms with Crippen molar-refractivity contribution in [3.8, 4) is 0 Å². The highest BCUT2D eigenvalue weighted by Gasteiger charge is 2.27. The van der Waals surface area contributed by atoms with E-state index in [0.29, 0.717) is 6.61 Å². The Labute approximate surface area is 188 Å². The third-order valence-corrected chi connectivity index (χ3v) is 6.72. The lowest BCUT2D eigenvalue weighted by molar-refractivity contribution is 0.0373. The van der Waals surface area contributed by atoms with Crippen molar-refractivity contribution in [2.24, 2.45) is 5.92 Å². The van der Waals surface area contributed by atoms with E-state index in [4.69, 9.17) is 5.11 Å². The molecule has 0 radical (unpaired) electrons. The minimum Gasteiger partial charge on any atom is -0.396 e. The molecular formula is C27H40N2O2. The molecule has 2 aromatic carbocycles. The van der Waals surface area contributed by atoms with Crippen LogP contribution in [0.5, 0.6) is 0 Å². The summed E-state index contributed by atoms with van der Waals surface area (Å²) >= 11 is 0. The molecule has 1 fully saturated rings. The van der Waals surface area contributed by atoms with E-state index in [9.17, 15) is 5.11 Å². The Morgan fingerprint density at radius 2 is 1.61 bits per heavy atom. The molecule has 4 heteroatoms. The van der Waals surface area contributed by atoms with Crippen molar-refractivity contribution in [1.29, 1.82) is 0 Å². The highest BCUT2D eigenvalue weighted by molar-refractivity contribution is 5.45. The molecule has 0 saturated carbocycles. The van der Waals surface area contributed by atoms with E-state index < -0.39 is 6.10 Å². The first kappa shape index (κ1) is 23.8. The number of aliphatic hydroxyl groups excluding tert-OH is 2. The Bertz CT molecular complexity index is 727. The summed E-state index contributed by atoms with van der Waals surface area (Å²) in [5, 5.41) is 23.2. The van der Waals surface area contributed by atoms with Gasteiger partial charge in [0.1, 0.15) is 0 Å². The predicted molar refractivity (Wildman–Crippen MR) is 129 cm³/mol. The number of likely N-dealkylation sites (tertiary alicyclic amines) is 1. The first-order valence-electron chi connectivity index (χ1n) is 12.1. The fourth-order valence-electron chi connectivity index (χ4n) is 4.61. The Balaban J connectivity index is 1.41. The van der Waals surface area contributed by atoms with Crippen LogP contribution in [0.4, 0.5) is 5.69 Å². The zero-order valence-corrected chi connectivity index (χ0v) is 19.0. The van der Waals surface area contributed by atoms with Crippen LogP contribution >= 0.6 is 0 Å². The Morgan fingerprint density at radius 3 is 2.29 bits per heavy atom. The molecule has 3 N–H and O–H groups in total. The number of nitrogens with one attached hydrogen (secondary N) is 1. The van der Waals surface area contributed by atoms with Gasteiger partial charge in [0.25, 0.3) is 0 Å². The molecule has 2 aromatic rings. The van der Waals surface area contributed by atoms with Crippen LogP contribution in [0.3, 0.4) is 0 Å². The van der Waals surface area contributed by atoms with E-state index >= 15 is 0 Å². The summed E-state index contributed by atoms with van der Waals surface area (Å²) in [6.07, 6.45) is 7.35. The van der Waals surface area contributed by atoms with Gasteiger partial charge in [-0.15, -0.1) is 0 Å². The van der Waals surface area contributed by atoms with Crippen LogP contribution in [0, 0.1) is 5.92 Å². The second-order valence-corrected chi connectivity index (χ2v) is 9.04. The number of hydrogen-bond acceptors (Lipinski definition) is 4. The van der Waals surface area contributed by atoms with Gasteiger partial charge in [-0.3, -0.25) is 4.90 Å². The molecule has 0 spiro atoms. The first-order valence-corrected chi connectivity index (χ1v) is 12.1. The fourth-order valence-corrected chi connectivity index (χ4v) is 4.61. The number of aliphatic hydroxyl groups is 2. The normalized spacial score (nSPS) is 17.4. The van der Waals surface area contributed by atoms with Crippen LogP contribution in [0.2, 0.25) is 0 Å². The average molecular weight is 425 g/mol. The van der Waals surface area contributed by atoms with Crippen LogP contribution in [0.25, 0.3) is 0 Å². The minimum absolute atomic E-state index is 0.128. The summed E-state index contributed by atoms with van der Waals surface area (Å²) in [5.41, 5.74) is 3.53. The minimum atomic E-state index is -0.460. The first-order chi connectivity index (χ1) is 15.2. The smallest absolute Gasteiger partial charge is 0.0942 e. The molecule has 4 nitrogen and oxygen atoms in total. The number of benzene rings is 2. The monoisotopic (exact) mass is 424 g/mol. The van der Waals surface area contributed by atoms with Gasteiger partial charge in [0.05, 0.1) is 6.10 Å². The lowest BCUT2D eigenvalue weighted by Crippen LogP contribution is -2.43. The van der Waals surface area contributed by atoms with Gasteiger partial charge >= 0.3 is 0 Å². The highest BCUT2D eigenvalue weighted by Crippen LogP contribution is 2.28. The van der Waals surface area contributed by atoms with Gasteiger partial charge in [0.15, 0.2) is 0 Å². The number of anilines is 1. The van der Waals surface area contributed by atoms with E-state index in [1.807, 2.05) is 0 Å². The van der Waals surface area contributed by atoms with E-state index in [1.54, 1.807) is 0 Å². The second-order valence-electron chi connectivity index (χ2n) is 9.04. The molecule has 3 rings (SSSR count). The summed E-state index contributed by atoms with van der Waals surface area (Å²) in [7, 11) is 0. The predicted octanol–water partition coefficient (Wildman–Crippen LogP) is 5.03. The topological polar surface area (TPSA) is 55.7 Å². The fraction of sp³-hybridized carbons (Fsp3) is 0.556. The van der Waals surface area contributed by atoms with Crippen molar-refractivity contribution >= 4 is 5.69 Å². The number of unbranched alkanes of at least 4 members (excludes halogenated alkanes) is 3. The van der Waals surface area contributed by atoms with Gasteiger partial charge in [-0.05, 0) is 81.3 Å². The van der Waals surface area contributed by atoms with Gasteiger partial charge in [-0.2, -0.15) is 0 Å². The summed E-state index contributed by atoms with van der Waals surface area (Å²) < 4.78 is 0. The molecule has 1 aliphatic rings. The maximum absolute atomic E-state index is 10.9. The lowest BCUT2D eigenvalue weighted by atomic mass is 9.89. The number of hydrogen-bond donors (Lipinski definition) is 3. The molecule has 0 bridgehead atoms. The van der Waals surface area contributed by atoms with E-state index in [2.05, 4.69) is 71.7 Å². The standard InChI is InChI=1S/C27H40N2O2/c1-22(29-18-15-24(16-19-29)21-23-9-5-4-6-10-23)27(31)25-11-13-26(14-12-25)28-17-7-2-3-8-20-30/h4-6,9-14,22,24,27-28,30-31H,2-3,7-8,15-21H2,1H3/t22-,27+/m1/s1. The van der Waals surface area contributed by atoms with Crippen LogP contribution in [0.15, 0.2) is 54.6 Å². The third-order valence-electron chi connectivity index (χ3n) is 6.72. The largest absolute Gasteiger partial charge is 0.396 e. The Kier molecular flexibility index (Phi) is 9.85. The number of rotatable bonds is 12. The summed E-state index contributed by atoms with van der Waals surface area (Å²) in [4.78, 5) is 2.45. The van der Waals surface area contributed by atoms with Crippen LogP contribution in [-0.4, -0.2) is 47.4 Å². The molecule has 2 atom stereocenters. The number of nitrogens with zero attached hydrogens (tertiary/aromatic N) is 1. The van der Waals surface area contributed by atoms with Gasteiger partial charge in [-0.25, -0.2) is 0 Å². The van der Waals surface area contributed by atoms with Crippen molar-refractivity contribution in [1.82, 2.24) is 4.90 Å². The molecule has 170 valence electrons. The maximum Gasteiger partial charge on any atom is 0.0942 e. The molecule has 1 heterocycles. The highest BCUT2D eigenvalue weighted by atomic mass is 16.3. The van der Waals surface area contributed by atoms with Crippen molar-refractivity contribution in [3.05, 3.63) is 65.7 Å². The quantitative estimate of drug-likeness (QED) is 0.418. The second kappa shape index (κ2) is 12.8. The van der Waals surface area contributed by atoms with Gasteiger partial charge in [0.2, 0.25) is 0 Å². The Hall–Kier alpha value is -1.88. The van der Waals surface area contributed by atoms with E-state index in [0.717, 1.165) is 62.5 Å². The zero-order valence-electron chi connectivity index (χ0n) is 19.0. The summed E-state index contributed by atoms with van der Waals surface area (Å²) in [6, 6.07) is 19.2. The molecular weight excluding hydrogens is 384 g/mol. The summed E-state index contributed by atoms with van der Waals surface area (Å²) in [5.74, 6) is 0.747. The van der Waals surface area contributed by atoms with Crippen LogP contribution in [-0.2, 0) is 6.42 Å². The SMILES string of the molecule is C[C@H]([C@H](O)c1ccc(NCCCCCCO)cc1)N1CCC(Cc2ccccc2)CC1. The third kappa shape index (κ3) is 7.64. The molecule has 0 amide bonds.